The summed E-state index contributed by atoms with van der Waals surface area (Å²) in [5.74, 6) is 0.622. The van der Waals surface area contributed by atoms with Crippen LogP contribution in [0.2, 0.25) is 0 Å². The Labute approximate surface area is 157 Å². The van der Waals surface area contributed by atoms with Crippen molar-refractivity contribution >= 4 is 33.3 Å². The fourth-order valence-electron chi connectivity index (χ4n) is 4.23. The first-order chi connectivity index (χ1) is 13.1. The predicted molar refractivity (Wildman–Crippen MR) is 107 cm³/mol. The molecule has 0 amide bonds. The summed E-state index contributed by atoms with van der Waals surface area (Å²) in [6.07, 6.45) is 8.16. The number of non-ortho nitro benzene ring substituents is 1. The average Bonchev–Trinajstić information content (AvgIpc) is 3.10. The number of fused-ring (bicyclic) bond motifs is 2. The third-order valence-electron chi connectivity index (χ3n) is 5.80. The zero-order valence-electron chi connectivity index (χ0n) is 15.8. The minimum absolute atomic E-state index is 0.0832. The highest BCUT2D eigenvalue weighted by molar-refractivity contribution is 6.07. The molecule has 1 aliphatic rings. The Bertz CT molecular complexity index is 991. The Morgan fingerprint density at radius 1 is 1.30 bits per heavy atom. The van der Waals surface area contributed by atoms with Gasteiger partial charge in [-0.2, -0.15) is 5.10 Å². The van der Waals surface area contributed by atoms with Crippen LogP contribution in [0, 0.1) is 16.0 Å². The van der Waals surface area contributed by atoms with Gasteiger partial charge in [-0.05, 0) is 38.7 Å². The van der Waals surface area contributed by atoms with Crippen LogP contribution in [-0.4, -0.2) is 25.7 Å². The third-order valence-corrected chi connectivity index (χ3v) is 5.80. The lowest BCUT2D eigenvalue weighted by molar-refractivity contribution is -0.384. The molecule has 7 heteroatoms. The highest BCUT2D eigenvalue weighted by Gasteiger charge is 2.23. The molecular formula is C20H25N5O2. The molecule has 1 aromatic carbocycles. The molecule has 0 radical (unpaired) electrons. The first kappa shape index (κ1) is 17.7. The average molecular weight is 367 g/mol. The van der Waals surface area contributed by atoms with Crippen LogP contribution in [0.15, 0.2) is 24.4 Å². The summed E-state index contributed by atoms with van der Waals surface area (Å²) < 4.78 is 1.87. The van der Waals surface area contributed by atoms with Crippen molar-refractivity contribution in [2.45, 2.75) is 58.5 Å². The number of nitrogens with one attached hydrogen (secondary N) is 1. The van der Waals surface area contributed by atoms with Crippen molar-refractivity contribution in [3.8, 4) is 0 Å². The Balaban J connectivity index is 1.85. The molecule has 0 aliphatic heterocycles. The van der Waals surface area contributed by atoms with Crippen molar-refractivity contribution in [2.24, 2.45) is 5.92 Å². The molecule has 3 aromatic rings. The number of hydrogen-bond donors (Lipinski definition) is 1. The Morgan fingerprint density at radius 2 is 2.07 bits per heavy atom. The lowest BCUT2D eigenvalue weighted by Crippen LogP contribution is -2.27. The Hall–Kier alpha value is -2.70. The molecule has 27 heavy (non-hydrogen) atoms. The van der Waals surface area contributed by atoms with Gasteiger partial charge in [0.2, 0.25) is 0 Å². The number of rotatable bonds is 5. The van der Waals surface area contributed by atoms with Crippen molar-refractivity contribution in [1.82, 2.24) is 14.8 Å². The van der Waals surface area contributed by atoms with Crippen molar-refractivity contribution in [3.63, 3.8) is 0 Å². The first-order valence-corrected chi connectivity index (χ1v) is 9.78. The lowest BCUT2D eigenvalue weighted by atomic mass is 9.84. The maximum atomic E-state index is 11.3. The summed E-state index contributed by atoms with van der Waals surface area (Å²) in [7, 11) is 0. The summed E-state index contributed by atoms with van der Waals surface area (Å²) in [5, 5.41) is 21.1. The van der Waals surface area contributed by atoms with Gasteiger partial charge in [0.05, 0.1) is 27.7 Å². The number of benzene rings is 1. The Kier molecular flexibility index (Phi) is 4.68. The second-order valence-corrected chi connectivity index (χ2v) is 7.47. The predicted octanol–water partition coefficient (Wildman–Crippen LogP) is 4.89. The van der Waals surface area contributed by atoms with Crippen LogP contribution in [0.3, 0.4) is 0 Å². The highest BCUT2D eigenvalue weighted by Crippen LogP contribution is 2.35. The summed E-state index contributed by atoms with van der Waals surface area (Å²) >= 11 is 0. The molecule has 142 valence electrons. The van der Waals surface area contributed by atoms with Crippen LogP contribution in [0.4, 0.5) is 11.4 Å². The van der Waals surface area contributed by atoms with Gasteiger partial charge >= 0.3 is 0 Å². The highest BCUT2D eigenvalue weighted by atomic mass is 16.6. The van der Waals surface area contributed by atoms with Crippen LogP contribution in [0.1, 0.15) is 46.0 Å². The second-order valence-electron chi connectivity index (χ2n) is 7.47. The molecule has 2 aromatic heterocycles. The third kappa shape index (κ3) is 3.22. The molecule has 0 saturated heterocycles. The number of nitrogens with zero attached hydrogens (tertiary/aromatic N) is 4. The lowest BCUT2D eigenvalue weighted by Gasteiger charge is -2.29. The van der Waals surface area contributed by atoms with E-state index in [4.69, 9.17) is 4.98 Å². The zero-order chi connectivity index (χ0) is 19.0. The number of hydrogen-bond acceptors (Lipinski definition) is 5. The van der Waals surface area contributed by atoms with Crippen LogP contribution < -0.4 is 5.32 Å². The molecular weight excluding hydrogens is 342 g/mol. The number of aromatic nitrogens is 3. The number of nitro benzene ring substituents is 1. The van der Waals surface area contributed by atoms with Gasteiger partial charge in [-0.15, -0.1) is 0 Å². The number of nitro groups is 1. The molecule has 1 aliphatic carbocycles. The maximum Gasteiger partial charge on any atom is 0.270 e. The summed E-state index contributed by atoms with van der Waals surface area (Å²) in [5.41, 5.74) is 2.57. The number of aryl methyl sites for hydroxylation is 1. The Morgan fingerprint density at radius 3 is 2.78 bits per heavy atom. The van der Waals surface area contributed by atoms with Crippen molar-refractivity contribution in [1.29, 1.82) is 0 Å². The zero-order valence-corrected chi connectivity index (χ0v) is 15.8. The van der Waals surface area contributed by atoms with E-state index in [1.54, 1.807) is 12.1 Å². The summed E-state index contributed by atoms with van der Waals surface area (Å²) in [4.78, 5) is 15.7. The van der Waals surface area contributed by atoms with Crippen LogP contribution in [0.5, 0.6) is 0 Å². The number of pyridine rings is 1. The van der Waals surface area contributed by atoms with E-state index in [2.05, 4.69) is 17.3 Å². The normalized spacial score (nSPS) is 16.7. The molecule has 1 fully saturated rings. The summed E-state index contributed by atoms with van der Waals surface area (Å²) in [6, 6.07) is 5.17. The molecule has 0 spiro atoms. The largest absolute Gasteiger partial charge is 0.381 e. The molecule has 7 nitrogen and oxygen atoms in total. The van der Waals surface area contributed by atoms with Crippen LogP contribution in [-0.2, 0) is 6.54 Å². The van der Waals surface area contributed by atoms with Gasteiger partial charge in [-0.25, -0.2) is 9.67 Å². The van der Waals surface area contributed by atoms with E-state index in [0.717, 1.165) is 34.2 Å². The first-order valence-electron chi connectivity index (χ1n) is 9.78. The standard InChI is InChI=1S/C20H25N5O2/c1-3-24-20-17(12-21-24)19(22-13(2)14-7-5-4-6-8-14)16-11-15(25(26)27)9-10-18(16)23-20/h9-14H,3-8H2,1-2H3,(H,22,23)/t13-/m0/s1. The van der Waals surface area contributed by atoms with E-state index in [-0.39, 0.29) is 10.6 Å². The SMILES string of the molecule is CCn1ncc2c(N[C@@H](C)C3CCCCC3)c3cc([N+](=O)[O-])ccc3nc21. The van der Waals surface area contributed by atoms with Gasteiger partial charge in [0.15, 0.2) is 5.65 Å². The molecule has 4 rings (SSSR count). The van der Waals surface area contributed by atoms with Crippen molar-refractivity contribution in [3.05, 3.63) is 34.5 Å². The van der Waals surface area contributed by atoms with Crippen LogP contribution >= 0.6 is 0 Å². The maximum absolute atomic E-state index is 11.3. The minimum Gasteiger partial charge on any atom is -0.381 e. The van der Waals surface area contributed by atoms with Gasteiger partial charge in [0.25, 0.3) is 5.69 Å². The number of anilines is 1. The molecule has 1 atom stereocenters. The van der Waals surface area contributed by atoms with Crippen LogP contribution in [0.25, 0.3) is 21.9 Å². The van der Waals surface area contributed by atoms with E-state index in [9.17, 15) is 10.1 Å². The monoisotopic (exact) mass is 367 g/mol. The molecule has 1 saturated carbocycles. The van der Waals surface area contributed by atoms with E-state index in [1.165, 1.54) is 38.2 Å². The summed E-state index contributed by atoms with van der Waals surface area (Å²) in [6.45, 7) is 4.98. The quantitative estimate of drug-likeness (QED) is 0.512. The topological polar surface area (TPSA) is 85.9 Å². The van der Waals surface area contributed by atoms with E-state index in [0.29, 0.717) is 12.0 Å². The van der Waals surface area contributed by atoms with Gasteiger partial charge in [-0.1, -0.05) is 19.3 Å². The van der Waals surface area contributed by atoms with Crippen molar-refractivity contribution in [2.75, 3.05) is 5.32 Å². The molecule has 1 N–H and O–H groups in total. The minimum atomic E-state index is -0.354. The second kappa shape index (κ2) is 7.13. The van der Waals surface area contributed by atoms with Gasteiger partial charge in [0.1, 0.15) is 0 Å². The van der Waals surface area contributed by atoms with Gasteiger partial charge in [-0.3, -0.25) is 10.1 Å². The van der Waals surface area contributed by atoms with E-state index < -0.39 is 0 Å². The molecule has 0 bridgehead atoms. The molecule has 2 heterocycles. The fraction of sp³-hybridized carbons (Fsp3) is 0.500. The van der Waals surface area contributed by atoms with E-state index >= 15 is 0 Å². The fourth-order valence-corrected chi connectivity index (χ4v) is 4.23. The van der Waals surface area contributed by atoms with Crippen molar-refractivity contribution < 1.29 is 4.92 Å². The van der Waals surface area contributed by atoms with Gasteiger partial charge < -0.3 is 5.32 Å². The van der Waals surface area contributed by atoms with Gasteiger partial charge in [0, 0.05) is 30.1 Å². The smallest absolute Gasteiger partial charge is 0.270 e. The molecule has 0 unspecified atom stereocenters. The van der Waals surface area contributed by atoms with E-state index in [1.807, 2.05) is 17.8 Å².